The van der Waals surface area contributed by atoms with Crippen molar-refractivity contribution in [2.45, 2.75) is 38.1 Å². The lowest BCUT2D eigenvalue weighted by Gasteiger charge is -2.31. The molecule has 0 aromatic heterocycles. The molecule has 1 aliphatic carbocycles. The number of hydrogen-bond acceptors (Lipinski definition) is 3. The molecule has 1 aromatic carbocycles. The fourth-order valence-electron chi connectivity index (χ4n) is 3.75. The molecule has 0 spiro atoms. The van der Waals surface area contributed by atoms with Gasteiger partial charge in [0.1, 0.15) is 0 Å². The third-order valence-electron chi connectivity index (χ3n) is 4.82. The van der Waals surface area contributed by atoms with Gasteiger partial charge in [0.05, 0.1) is 11.1 Å². The zero-order valence-electron chi connectivity index (χ0n) is 12.8. The number of imide groups is 1. The molecule has 3 amide bonds. The van der Waals surface area contributed by atoms with Gasteiger partial charge in [0.15, 0.2) is 0 Å². The van der Waals surface area contributed by atoms with Crippen molar-refractivity contribution < 1.29 is 19.5 Å². The minimum absolute atomic E-state index is 0.239. The zero-order chi connectivity index (χ0) is 16.4. The predicted octanol–water partition coefficient (Wildman–Crippen LogP) is 2.50. The van der Waals surface area contributed by atoms with Gasteiger partial charge in [-0.2, -0.15) is 0 Å². The summed E-state index contributed by atoms with van der Waals surface area (Å²) in [6.07, 6.45) is 3.52. The van der Waals surface area contributed by atoms with Gasteiger partial charge in [-0.1, -0.05) is 25.0 Å². The van der Waals surface area contributed by atoms with Crippen molar-refractivity contribution in [3.05, 3.63) is 35.4 Å². The van der Waals surface area contributed by atoms with Crippen molar-refractivity contribution >= 4 is 17.9 Å². The van der Waals surface area contributed by atoms with Crippen LogP contribution >= 0.6 is 0 Å². The van der Waals surface area contributed by atoms with E-state index in [0.717, 1.165) is 25.7 Å². The summed E-state index contributed by atoms with van der Waals surface area (Å²) in [5, 5.41) is 11.1. The van der Waals surface area contributed by atoms with Crippen LogP contribution < -0.4 is 5.32 Å². The maximum atomic E-state index is 12.7. The maximum Gasteiger partial charge on any atom is 0.404 e. The van der Waals surface area contributed by atoms with Gasteiger partial charge in [0.25, 0.3) is 11.8 Å². The van der Waals surface area contributed by atoms with E-state index in [0.29, 0.717) is 17.5 Å². The van der Waals surface area contributed by atoms with E-state index in [4.69, 9.17) is 5.11 Å². The SMILES string of the molecule is O=C(O)NCCC(C1CCCC1)N1C(=O)c2ccccc2C1=O. The molecule has 6 heteroatoms. The summed E-state index contributed by atoms with van der Waals surface area (Å²) < 4.78 is 0. The first-order valence-corrected chi connectivity index (χ1v) is 8.03. The van der Waals surface area contributed by atoms with Gasteiger partial charge in [-0.25, -0.2) is 4.79 Å². The van der Waals surface area contributed by atoms with Gasteiger partial charge in [0, 0.05) is 12.6 Å². The summed E-state index contributed by atoms with van der Waals surface area (Å²) in [5.41, 5.74) is 0.901. The lowest BCUT2D eigenvalue weighted by molar-refractivity contribution is 0.0517. The smallest absolute Gasteiger partial charge is 0.404 e. The Morgan fingerprint density at radius 1 is 1.17 bits per heavy atom. The first-order chi connectivity index (χ1) is 11.1. The summed E-state index contributed by atoms with van der Waals surface area (Å²) in [5.74, 6) is -0.247. The lowest BCUT2D eigenvalue weighted by Crippen LogP contribution is -2.45. The standard InChI is InChI=1S/C17H20N2O4/c20-15-12-7-3-4-8-13(12)16(21)19(15)14(9-10-18-17(22)23)11-5-1-2-6-11/h3-4,7-8,11,14,18H,1-2,5-6,9-10H2,(H,22,23). The van der Waals surface area contributed by atoms with Gasteiger partial charge >= 0.3 is 6.09 Å². The van der Waals surface area contributed by atoms with Crippen LogP contribution in [0, 0.1) is 5.92 Å². The number of benzene rings is 1. The van der Waals surface area contributed by atoms with E-state index in [1.165, 1.54) is 4.90 Å². The number of carbonyl (C=O) groups excluding carboxylic acids is 2. The Labute approximate surface area is 134 Å². The maximum absolute atomic E-state index is 12.7. The third-order valence-corrected chi connectivity index (χ3v) is 4.82. The summed E-state index contributed by atoms with van der Waals surface area (Å²) in [6, 6.07) is 6.62. The number of carbonyl (C=O) groups is 3. The van der Waals surface area contributed by atoms with Crippen molar-refractivity contribution in [1.82, 2.24) is 10.2 Å². The van der Waals surface area contributed by atoms with E-state index in [-0.39, 0.29) is 30.3 Å². The van der Waals surface area contributed by atoms with Gasteiger partial charge in [0.2, 0.25) is 0 Å². The second-order valence-corrected chi connectivity index (χ2v) is 6.16. The molecule has 1 saturated carbocycles. The second kappa shape index (κ2) is 6.40. The van der Waals surface area contributed by atoms with Crippen LogP contribution in [0.1, 0.15) is 52.8 Å². The topological polar surface area (TPSA) is 86.7 Å². The average Bonchev–Trinajstić information content (AvgIpc) is 3.14. The molecule has 23 heavy (non-hydrogen) atoms. The minimum Gasteiger partial charge on any atom is -0.465 e. The van der Waals surface area contributed by atoms with Crippen LogP contribution in [-0.4, -0.2) is 40.5 Å². The zero-order valence-corrected chi connectivity index (χ0v) is 12.8. The first kappa shape index (κ1) is 15.5. The van der Waals surface area contributed by atoms with Gasteiger partial charge < -0.3 is 10.4 Å². The van der Waals surface area contributed by atoms with Crippen LogP contribution in [0.15, 0.2) is 24.3 Å². The lowest BCUT2D eigenvalue weighted by atomic mass is 9.93. The van der Waals surface area contributed by atoms with Crippen molar-refractivity contribution in [3.63, 3.8) is 0 Å². The van der Waals surface area contributed by atoms with Crippen molar-refractivity contribution in [2.24, 2.45) is 5.92 Å². The molecule has 0 bridgehead atoms. The van der Waals surface area contributed by atoms with Crippen LogP contribution in [0.25, 0.3) is 0 Å². The molecular formula is C17H20N2O4. The number of hydrogen-bond donors (Lipinski definition) is 2. The molecule has 1 atom stereocenters. The first-order valence-electron chi connectivity index (χ1n) is 8.03. The van der Waals surface area contributed by atoms with E-state index in [1.54, 1.807) is 24.3 Å². The molecule has 0 radical (unpaired) electrons. The Bertz CT molecular complexity index is 602. The number of nitrogens with one attached hydrogen (secondary N) is 1. The van der Waals surface area contributed by atoms with Crippen LogP contribution in [-0.2, 0) is 0 Å². The summed E-state index contributed by atoms with van der Waals surface area (Å²) in [7, 11) is 0. The Hall–Kier alpha value is -2.37. The fraction of sp³-hybridized carbons (Fsp3) is 0.471. The van der Waals surface area contributed by atoms with E-state index in [1.807, 2.05) is 0 Å². The van der Waals surface area contributed by atoms with Crippen LogP contribution in [0.2, 0.25) is 0 Å². The van der Waals surface area contributed by atoms with Crippen molar-refractivity contribution in [1.29, 1.82) is 0 Å². The van der Waals surface area contributed by atoms with E-state index < -0.39 is 6.09 Å². The molecule has 3 rings (SSSR count). The molecule has 1 fully saturated rings. The van der Waals surface area contributed by atoms with Crippen molar-refractivity contribution in [2.75, 3.05) is 6.54 Å². The number of carboxylic acid groups (broad SMARTS) is 1. The Morgan fingerprint density at radius 2 is 1.74 bits per heavy atom. The van der Waals surface area contributed by atoms with Gasteiger partial charge in [-0.3, -0.25) is 14.5 Å². The molecule has 2 aliphatic rings. The van der Waals surface area contributed by atoms with E-state index in [2.05, 4.69) is 5.32 Å². The quantitative estimate of drug-likeness (QED) is 0.817. The third kappa shape index (κ3) is 2.93. The highest BCUT2D eigenvalue weighted by Crippen LogP contribution is 2.35. The van der Waals surface area contributed by atoms with E-state index >= 15 is 0 Å². The highest BCUT2D eigenvalue weighted by atomic mass is 16.4. The normalized spacial score (nSPS) is 19.0. The Morgan fingerprint density at radius 3 is 2.26 bits per heavy atom. The second-order valence-electron chi connectivity index (χ2n) is 6.16. The summed E-state index contributed by atoms with van der Waals surface area (Å²) in [4.78, 5) is 37.4. The number of nitrogens with zero attached hydrogens (tertiary/aromatic N) is 1. The fourth-order valence-corrected chi connectivity index (χ4v) is 3.75. The van der Waals surface area contributed by atoms with Crippen LogP contribution in [0.3, 0.4) is 0 Å². The van der Waals surface area contributed by atoms with Crippen molar-refractivity contribution in [3.8, 4) is 0 Å². The molecule has 2 N–H and O–H groups in total. The van der Waals surface area contributed by atoms with Gasteiger partial charge in [-0.05, 0) is 37.3 Å². The van der Waals surface area contributed by atoms with Gasteiger partial charge in [-0.15, -0.1) is 0 Å². The monoisotopic (exact) mass is 316 g/mol. The van der Waals surface area contributed by atoms with E-state index in [9.17, 15) is 14.4 Å². The molecular weight excluding hydrogens is 296 g/mol. The Kier molecular flexibility index (Phi) is 4.32. The largest absolute Gasteiger partial charge is 0.465 e. The molecule has 1 unspecified atom stereocenters. The minimum atomic E-state index is -1.09. The highest BCUT2D eigenvalue weighted by molar-refractivity contribution is 6.21. The molecule has 1 heterocycles. The molecule has 1 aliphatic heterocycles. The molecule has 122 valence electrons. The number of fused-ring (bicyclic) bond motifs is 1. The molecule has 1 aromatic rings. The predicted molar refractivity (Wildman–Crippen MR) is 83.3 cm³/mol. The number of amides is 3. The molecule has 0 saturated heterocycles. The van der Waals surface area contributed by atoms with Crippen LogP contribution in [0.5, 0.6) is 0 Å². The highest BCUT2D eigenvalue weighted by Gasteiger charge is 2.42. The summed E-state index contributed by atoms with van der Waals surface area (Å²) in [6.45, 7) is 0.240. The Balaban J connectivity index is 1.83. The molecule has 6 nitrogen and oxygen atoms in total. The number of rotatable bonds is 5. The van der Waals surface area contributed by atoms with Crippen LogP contribution in [0.4, 0.5) is 4.79 Å². The summed E-state index contributed by atoms with van der Waals surface area (Å²) >= 11 is 0. The average molecular weight is 316 g/mol.